The third-order valence-corrected chi connectivity index (χ3v) is 5.86. The Morgan fingerprint density at radius 1 is 1.28 bits per heavy atom. The number of hydrogen-bond donors (Lipinski definition) is 1. The Labute approximate surface area is 147 Å². The lowest BCUT2D eigenvalue weighted by molar-refractivity contribution is -0.0595. The fourth-order valence-electron chi connectivity index (χ4n) is 4.53. The van der Waals surface area contributed by atoms with Crippen molar-refractivity contribution in [2.45, 2.75) is 56.8 Å². The Kier molecular flexibility index (Phi) is 4.01. The maximum absolute atomic E-state index is 13.2. The fraction of sp³-hybridized carbons (Fsp3) is 0.450. The average Bonchev–Trinajstić information content (AvgIpc) is 3.06. The van der Waals surface area contributed by atoms with Crippen LogP contribution in [-0.2, 0) is 12.1 Å². The number of aromatic nitrogens is 2. The quantitative estimate of drug-likeness (QED) is 0.926. The highest BCUT2D eigenvalue weighted by atomic mass is 19.1. The number of fused-ring (bicyclic) bond motifs is 2. The molecule has 2 unspecified atom stereocenters. The van der Waals surface area contributed by atoms with E-state index in [1.54, 1.807) is 23.0 Å². The maximum atomic E-state index is 13.2. The molecule has 4 nitrogen and oxygen atoms in total. The molecule has 0 aliphatic carbocycles. The fourth-order valence-corrected chi connectivity index (χ4v) is 4.53. The van der Waals surface area contributed by atoms with Crippen LogP contribution in [0.15, 0.2) is 37.0 Å². The summed E-state index contributed by atoms with van der Waals surface area (Å²) in [4.78, 5) is 2.51. The number of aryl methyl sites for hydroxylation is 1. The van der Waals surface area contributed by atoms with E-state index in [0.29, 0.717) is 24.9 Å². The number of rotatable bonds is 4. The molecule has 5 heteroatoms. The molecule has 2 aromatic rings. The van der Waals surface area contributed by atoms with Gasteiger partial charge in [-0.3, -0.25) is 4.90 Å². The van der Waals surface area contributed by atoms with E-state index < -0.39 is 5.60 Å². The van der Waals surface area contributed by atoms with Gasteiger partial charge < -0.3 is 5.11 Å². The first-order valence-electron chi connectivity index (χ1n) is 8.90. The van der Waals surface area contributed by atoms with Gasteiger partial charge in [0.25, 0.3) is 0 Å². The zero-order valence-electron chi connectivity index (χ0n) is 14.5. The Morgan fingerprint density at radius 3 is 2.48 bits per heavy atom. The molecule has 25 heavy (non-hydrogen) atoms. The summed E-state index contributed by atoms with van der Waals surface area (Å²) in [5.41, 5.74) is 2.22. The standard InChI is InChI=1S/C20H24FN3O/c1-3-23-12-15(14(2)22-23)13-24-18-8-9-19(24)11-20(25,10-18)16-4-6-17(21)7-5-16/h3-7,12,18-19,25H,1,8-11,13H2,2H3. The summed E-state index contributed by atoms with van der Waals surface area (Å²) < 4.78 is 15.0. The second-order valence-corrected chi connectivity index (χ2v) is 7.41. The van der Waals surface area contributed by atoms with Gasteiger partial charge in [-0.25, -0.2) is 9.07 Å². The largest absolute Gasteiger partial charge is 0.385 e. The molecule has 0 saturated carbocycles. The zero-order chi connectivity index (χ0) is 17.6. The molecule has 4 rings (SSSR count). The lowest BCUT2D eigenvalue weighted by Gasteiger charge is -2.44. The molecular formula is C20H24FN3O. The van der Waals surface area contributed by atoms with E-state index in [0.717, 1.165) is 30.6 Å². The molecule has 1 aromatic carbocycles. The van der Waals surface area contributed by atoms with Gasteiger partial charge in [0.05, 0.1) is 11.3 Å². The third kappa shape index (κ3) is 2.92. The van der Waals surface area contributed by atoms with Crippen molar-refractivity contribution in [2.75, 3.05) is 0 Å². The summed E-state index contributed by atoms with van der Waals surface area (Å²) >= 11 is 0. The van der Waals surface area contributed by atoms with Gasteiger partial charge in [-0.05, 0) is 50.3 Å². The van der Waals surface area contributed by atoms with E-state index in [9.17, 15) is 9.50 Å². The molecular weight excluding hydrogens is 317 g/mol. The van der Waals surface area contributed by atoms with Crippen molar-refractivity contribution in [3.05, 3.63) is 59.7 Å². The predicted octanol–water partition coefficient (Wildman–Crippen LogP) is 3.45. The lowest BCUT2D eigenvalue weighted by atomic mass is 9.80. The molecule has 2 atom stereocenters. The van der Waals surface area contributed by atoms with E-state index in [1.807, 2.05) is 13.1 Å². The Bertz CT molecular complexity index is 769. The van der Waals surface area contributed by atoms with Crippen molar-refractivity contribution in [2.24, 2.45) is 0 Å². The smallest absolute Gasteiger partial charge is 0.123 e. The van der Waals surface area contributed by atoms with Gasteiger partial charge in [0.1, 0.15) is 5.82 Å². The summed E-state index contributed by atoms with van der Waals surface area (Å²) in [5, 5.41) is 15.7. The molecule has 2 aliphatic heterocycles. The van der Waals surface area contributed by atoms with Crippen LogP contribution in [0.1, 0.15) is 42.5 Å². The molecule has 2 fully saturated rings. The van der Waals surface area contributed by atoms with Crippen molar-refractivity contribution in [3.63, 3.8) is 0 Å². The minimum Gasteiger partial charge on any atom is -0.385 e. The van der Waals surface area contributed by atoms with Crippen LogP contribution in [0.4, 0.5) is 4.39 Å². The summed E-state index contributed by atoms with van der Waals surface area (Å²) in [7, 11) is 0. The summed E-state index contributed by atoms with van der Waals surface area (Å²) in [6.45, 7) is 6.64. The second kappa shape index (κ2) is 6.07. The van der Waals surface area contributed by atoms with E-state index in [2.05, 4.69) is 16.6 Å². The van der Waals surface area contributed by atoms with Gasteiger partial charge in [-0.15, -0.1) is 0 Å². The summed E-state index contributed by atoms with van der Waals surface area (Å²) in [5.74, 6) is -0.262. The molecule has 132 valence electrons. The molecule has 1 aromatic heterocycles. The van der Waals surface area contributed by atoms with Crippen LogP contribution in [0.3, 0.4) is 0 Å². The number of nitrogens with zero attached hydrogens (tertiary/aromatic N) is 3. The highest BCUT2D eigenvalue weighted by molar-refractivity contribution is 5.27. The molecule has 3 heterocycles. The highest BCUT2D eigenvalue weighted by Gasteiger charge is 2.48. The molecule has 0 amide bonds. The number of piperidine rings is 1. The second-order valence-electron chi connectivity index (χ2n) is 7.41. The average molecular weight is 341 g/mol. The summed E-state index contributed by atoms with van der Waals surface area (Å²) in [6, 6.07) is 7.02. The summed E-state index contributed by atoms with van der Waals surface area (Å²) in [6.07, 6.45) is 7.33. The minimum absolute atomic E-state index is 0.262. The highest BCUT2D eigenvalue weighted by Crippen LogP contribution is 2.46. The minimum atomic E-state index is -0.851. The first-order valence-corrected chi connectivity index (χ1v) is 8.90. The van der Waals surface area contributed by atoms with E-state index >= 15 is 0 Å². The number of hydrogen-bond acceptors (Lipinski definition) is 3. The van der Waals surface area contributed by atoms with Crippen molar-refractivity contribution < 1.29 is 9.50 Å². The van der Waals surface area contributed by atoms with Gasteiger partial charge in [0.15, 0.2) is 0 Å². The van der Waals surface area contributed by atoms with Gasteiger partial charge in [-0.1, -0.05) is 18.7 Å². The normalized spacial score (nSPS) is 29.1. The van der Waals surface area contributed by atoms with Gasteiger partial charge >= 0.3 is 0 Å². The van der Waals surface area contributed by atoms with Crippen LogP contribution in [0.5, 0.6) is 0 Å². The Hall–Kier alpha value is -1.98. The molecule has 1 N–H and O–H groups in total. The number of aliphatic hydroxyl groups is 1. The van der Waals surface area contributed by atoms with Crippen molar-refractivity contribution >= 4 is 6.20 Å². The SMILES string of the molecule is C=Cn1cc(CN2C3CCC2CC(O)(c2ccc(F)cc2)C3)c(C)n1. The molecule has 0 spiro atoms. The topological polar surface area (TPSA) is 41.3 Å². The van der Waals surface area contributed by atoms with Crippen molar-refractivity contribution in [3.8, 4) is 0 Å². The van der Waals surface area contributed by atoms with Crippen LogP contribution in [0.25, 0.3) is 6.20 Å². The van der Waals surface area contributed by atoms with Gasteiger partial charge in [0, 0.05) is 36.6 Å². The van der Waals surface area contributed by atoms with Gasteiger partial charge in [0.2, 0.25) is 0 Å². The zero-order valence-corrected chi connectivity index (χ0v) is 14.5. The lowest BCUT2D eigenvalue weighted by Crippen LogP contribution is -2.49. The molecule has 2 aliphatic rings. The van der Waals surface area contributed by atoms with E-state index in [-0.39, 0.29) is 5.82 Å². The Morgan fingerprint density at radius 2 is 1.92 bits per heavy atom. The monoisotopic (exact) mass is 341 g/mol. The predicted molar refractivity (Wildman–Crippen MR) is 95.2 cm³/mol. The Balaban J connectivity index is 1.54. The van der Waals surface area contributed by atoms with E-state index in [1.165, 1.54) is 17.7 Å². The third-order valence-electron chi connectivity index (χ3n) is 5.86. The molecule has 2 saturated heterocycles. The van der Waals surface area contributed by atoms with Crippen molar-refractivity contribution in [1.29, 1.82) is 0 Å². The van der Waals surface area contributed by atoms with Gasteiger partial charge in [-0.2, -0.15) is 5.10 Å². The van der Waals surface area contributed by atoms with Crippen LogP contribution >= 0.6 is 0 Å². The first kappa shape index (κ1) is 16.5. The molecule has 0 radical (unpaired) electrons. The molecule has 2 bridgehead atoms. The van der Waals surface area contributed by atoms with Crippen LogP contribution < -0.4 is 0 Å². The van der Waals surface area contributed by atoms with Crippen molar-refractivity contribution in [1.82, 2.24) is 14.7 Å². The maximum Gasteiger partial charge on any atom is 0.123 e. The number of benzene rings is 1. The van der Waals surface area contributed by atoms with Crippen LogP contribution in [0.2, 0.25) is 0 Å². The van der Waals surface area contributed by atoms with Crippen LogP contribution in [-0.4, -0.2) is 31.9 Å². The number of halogens is 1. The van der Waals surface area contributed by atoms with Crippen LogP contribution in [0, 0.1) is 12.7 Å². The van der Waals surface area contributed by atoms with E-state index in [4.69, 9.17) is 0 Å². The first-order chi connectivity index (χ1) is 12.0.